The summed E-state index contributed by atoms with van der Waals surface area (Å²) in [6.45, 7) is 0. The molecule has 0 saturated carbocycles. The van der Waals surface area contributed by atoms with Crippen LogP contribution in [0.1, 0.15) is 5.56 Å². The molecule has 0 bridgehead atoms. The Kier molecular flexibility index (Phi) is 2.87. The third-order valence-electron chi connectivity index (χ3n) is 1.55. The van der Waals surface area contributed by atoms with Gasteiger partial charge in [-0.1, -0.05) is 0 Å². The van der Waals surface area contributed by atoms with E-state index in [1.807, 2.05) is 6.07 Å². The van der Waals surface area contributed by atoms with Crippen LogP contribution in [-0.2, 0) is 4.79 Å². The molecule has 0 fully saturated rings. The molecule has 0 atom stereocenters. The second-order valence-corrected chi connectivity index (χ2v) is 2.29. The van der Waals surface area contributed by atoms with E-state index in [-0.39, 0.29) is 0 Å². The highest BCUT2D eigenvalue weighted by Crippen LogP contribution is 2.20. The van der Waals surface area contributed by atoms with Gasteiger partial charge >= 0.3 is 0 Å². The first-order valence-corrected chi connectivity index (χ1v) is 3.60. The Morgan fingerprint density at radius 3 is 2.92 bits per heavy atom. The molecule has 13 heavy (non-hydrogen) atoms. The number of nitrogens with zero attached hydrogens (tertiary/aromatic N) is 1. The van der Waals surface area contributed by atoms with E-state index in [9.17, 15) is 4.79 Å². The molecule has 0 aliphatic heterocycles. The molecular weight excluding hydrogens is 168 g/mol. The molecule has 1 amide bonds. The second kappa shape index (κ2) is 4.12. The van der Waals surface area contributed by atoms with E-state index in [1.54, 1.807) is 18.2 Å². The maximum Gasteiger partial charge on any atom is 0.211 e. The van der Waals surface area contributed by atoms with Crippen molar-refractivity contribution in [3.63, 3.8) is 0 Å². The molecule has 0 heterocycles. The lowest BCUT2D eigenvalue weighted by atomic mass is 10.2. The fourth-order valence-corrected chi connectivity index (χ4v) is 0.953. The molecule has 4 nitrogen and oxygen atoms in total. The van der Waals surface area contributed by atoms with E-state index in [1.165, 1.54) is 7.11 Å². The van der Waals surface area contributed by atoms with E-state index in [0.717, 1.165) is 0 Å². The van der Waals surface area contributed by atoms with Crippen LogP contribution in [0.15, 0.2) is 18.2 Å². The average Bonchev–Trinajstić information content (AvgIpc) is 2.18. The molecule has 4 heteroatoms. The number of methoxy groups -OCH3 is 1. The zero-order valence-electron chi connectivity index (χ0n) is 7.07. The van der Waals surface area contributed by atoms with Gasteiger partial charge in [0.1, 0.15) is 11.8 Å². The molecule has 0 radical (unpaired) electrons. The topological polar surface area (TPSA) is 62.1 Å². The first kappa shape index (κ1) is 9.07. The van der Waals surface area contributed by atoms with Crippen molar-refractivity contribution in [1.29, 1.82) is 5.26 Å². The normalized spacial score (nSPS) is 8.62. The van der Waals surface area contributed by atoms with Gasteiger partial charge < -0.3 is 10.1 Å². The molecule has 1 rings (SSSR count). The Labute approximate surface area is 75.7 Å². The Balaban J connectivity index is 3.07. The minimum atomic E-state index is 0.398. The first-order valence-electron chi connectivity index (χ1n) is 3.60. The summed E-state index contributed by atoms with van der Waals surface area (Å²) in [6, 6.07) is 6.80. The quantitative estimate of drug-likeness (QED) is 0.702. The molecule has 1 aromatic carbocycles. The molecule has 1 N–H and O–H groups in total. The van der Waals surface area contributed by atoms with Crippen LogP contribution in [0, 0.1) is 11.3 Å². The van der Waals surface area contributed by atoms with Gasteiger partial charge in [-0.15, -0.1) is 0 Å². The summed E-state index contributed by atoms with van der Waals surface area (Å²) in [5.74, 6) is 0.499. The van der Waals surface area contributed by atoms with Crippen molar-refractivity contribution in [3.8, 4) is 11.8 Å². The number of nitrogens with one attached hydrogen (secondary N) is 1. The van der Waals surface area contributed by atoms with Crippen LogP contribution < -0.4 is 10.1 Å². The Hall–Kier alpha value is -2.02. The van der Waals surface area contributed by atoms with E-state index >= 15 is 0 Å². The Morgan fingerprint density at radius 2 is 2.38 bits per heavy atom. The summed E-state index contributed by atoms with van der Waals surface area (Å²) in [4.78, 5) is 10.1. The van der Waals surface area contributed by atoms with Crippen LogP contribution in [0.25, 0.3) is 0 Å². The van der Waals surface area contributed by atoms with Gasteiger partial charge in [0, 0.05) is 5.69 Å². The smallest absolute Gasteiger partial charge is 0.211 e. The highest BCUT2D eigenvalue weighted by Gasteiger charge is 2.02. The predicted octanol–water partition coefficient (Wildman–Crippen LogP) is 1.14. The summed E-state index contributed by atoms with van der Waals surface area (Å²) < 4.78 is 4.93. The van der Waals surface area contributed by atoms with Crippen LogP contribution >= 0.6 is 0 Å². The van der Waals surface area contributed by atoms with Gasteiger partial charge in [-0.3, -0.25) is 4.79 Å². The number of carbonyl (C=O) groups is 1. The summed E-state index contributed by atoms with van der Waals surface area (Å²) in [5.41, 5.74) is 0.974. The number of nitriles is 1. The number of benzene rings is 1. The fourth-order valence-electron chi connectivity index (χ4n) is 0.953. The van der Waals surface area contributed by atoms with Crippen molar-refractivity contribution < 1.29 is 9.53 Å². The summed E-state index contributed by atoms with van der Waals surface area (Å²) >= 11 is 0. The van der Waals surface area contributed by atoms with E-state index in [4.69, 9.17) is 10.00 Å². The lowest BCUT2D eigenvalue weighted by Crippen LogP contribution is -1.95. The van der Waals surface area contributed by atoms with E-state index in [0.29, 0.717) is 23.4 Å². The van der Waals surface area contributed by atoms with Gasteiger partial charge in [0.25, 0.3) is 0 Å². The third kappa shape index (κ3) is 1.97. The van der Waals surface area contributed by atoms with Crippen LogP contribution in [-0.4, -0.2) is 13.5 Å². The fraction of sp³-hybridized carbons (Fsp3) is 0.111. The molecular formula is C9H8N2O2. The van der Waals surface area contributed by atoms with Crippen LogP contribution in [0.2, 0.25) is 0 Å². The molecule has 0 aliphatic carbocycles. The Morgan fingerprint density at radius 1 is 1.62 bits per heavy atom. The maximum absolute atomic E-state index is 10.1. The van der Waals surface area contributed by atoms with Crippen molar-refractivity contribution in [2.24, 2.45) is 0 Å². The largest absolute Gasteiger partial charge is 0.495 e. The van der Waals surface area contributed by atoms with Crippen molar-refractivity contribution in [2.45, 2.75) is 0 Å². The van der Waals surface area contributed by atoms with Gasteiger partial charge in [0.05, 0.1) is 12.7 Å². The monoisotopic (exact) mass is 176 g/mol. The summed E-state index contributed by atoms with van der Waals surface area (Å²) in [5, 5.41) is 11.1. The van der Waals surface area contributed by atoms with Crippen LogP contribution in [0.5, 0.6) is 5.75 Å². The third-order valence-corrected chi connectivity index (χ3v) is 1.55. The van der Waals surface area contributed by atoms with E-state index < -0.39 is 0 Å². The standard InChI is InChI=1S/C9H8N2O2/c1-13-9-3-2-8(11-6-12)4-7(9)5-10/h2-4,6H,1H3,(H,11,12). The molecule has 0 aliphatic rings. The zero-order valence-corrected chi connectivity index (χ0v) is 7.07. The van der Waals surface area contributed by atoms with Crippen molar-refractivity contribution in [1.82, 2.24) is 0 Å². The van der Waals surface area contributed by atoms with Gasteiger partial charge in [0.15, 0.2) is 0 Å². The minimum absolute atomic E-state index is 0.398. The van der Waals surface area contributed by atoms with Crippen molar-refractivity contribution >= 4 is 12.1 Å². The number of anilines is 1. The van der Waals surface area contributed by atoms with Gasteiger partial charge in [-0.2, -0.15) is 5.26 Å². The summed E-state index contributed by atoms with van der Waals surface area (Å²) in [7, 11) is 1.49. The highest BCUT2D eigenvalue weighted by molar-refractivity contribution is 5.72. The zero-order chi connectivity index (χ0) is 9.68. The predicted molar refractivity (Wildman–Crippen MR) is 47.4 cm³/mol. The summed E-state index contributed by atoms with van der Waals surface area (Å²) in [6.07, 6.45) is 0.558. The molecule has 0 saturated heterocycles. The van der Waals surface area contributed by atoms with Crippen LogP contribution in [0.3, 0.4) is 0 Å². The lowest BCUT2D eigenvalue weighted by molar-refractivity contribution is -0.105. The number of amides is 1. The average molecular weight is 176 g/mol. The van der Waals surface area contributed by atoms with Gasteiger partial charge in [0.2, 0.25) is 6.41 Å². The number of carbonyl (C=O) groups excluding carboxylic acids is 1. The van der Waals surface area contributed by atoms with Crippen LogP contribution in [0.4, 0.5) is 5.69 Å². The molecule has 66 valence electrons. The van der Waals surface area contributed by atoms with Crippen molar-refractivity contribution in [2.75, 3.05) is 12.4 Å². The number of hydrogen-bond acceptors (Lipinski definition) is 3. The molecule has 0 aromatic heterocycles. The number of hydrogen-bond donors (Lipinski definition) is 1. The highest BCUT2D eigenvalue weighted by atomic mass is 16.5. The molecule has 1 aromatic rings. The first-order chi connectivity index (χ1) is 6.31. The van der Waals surface area contributed by atoms with Gasteiger partial charge in [-0.25, -0.2) is 0 Å². The molecule has 0 unspecified atom stereocenters. The molecule has 0 spiro atoms. The van der Waals surface area contributed by atoms with E-state index in [2.05, 4.69) is 5.32 Å². The minimum Gasteiger partial charge on any atom is -0.495 e. The SMILES string of the molecule is COc1ccc(NC=O)cc1C#N. The van der Waals surface area contributed by atoms with Gasteiger partial charge in [-0.05, 0) is 18.2 Å². The number of ether oxygens (including phenoxy) is 1. The lowest BCUT2D eigenvalue weighted by Gasteiger charge is -2.03. The van der Waals surface area contributed by atoms with Crippen molar-refractivity contribution in [3.05, 3.63) is 23.8 Å². The Bertz CT molecular complexity index is 355. The second-order valence-electron chi connectivity index (χ2n) is 2.29. The maximum atomic E-state index is 10.1. The number of rotatable bonds is 3.